The quantitative estimate of drug-likeness (QED) is 0.831. The van der Waals surface area contributed by atoms with E-state index in [2.05, 4.69) is 4.98 Å². The number of carbonyl (C=O) groups excluding carboxylic acids is 1. The van der Waals surface area contributed by atoms with Gasteiger partial charge >= 0.3 is 0 Å². The van der Waals surface area contributed by atoms with Gasteiger partial charge in [-0.05, 0) is 18.9 Å². The standard InChI is InChI=1S/C12H16N2O2/c13-11-1-4-14-8-10(11)7-12(15)9-2-5-16-6-3-9/h1,4,8-9H,2-3,5-7H2,(H2,13,14). The Balaban J connectivity index is 1.99. The summed E-state index contributed by atoms with van der Waals surface area (Å²) in [5.74, 6) is 0.386. The normalized spacial score (nSPS) is 17.2. The summed E-state index contributed by atoms with van der Waals surface area (Å²) in [6.45, 7) is 1.39. The summed E-state index contributed by atoms with van der Waals surface area (Å²) in [5, 5.41) is 0. The maximum Gasteiger partial charge on any atom is 0.140 e. The predicted molar refractivity (Wildman–Crippen MR) is 60.9 cm³/mol. The van der Waals surface area contributed by atoms with Crippen LogP contribution in [0.4, 0.5) is 5.69 Å². The van der Waals surface area contributed by atoms with Crippen LogP contribution in [-0.2, 0) is 16.0 Å². The van der Waals surface area contributed by atoms with Crippen LogP contribution in [0.3, 0.4) is 0 Å². The topological polar surface area (TPSA) is 65.2 Å². The number of nitrogens with two attached hydrogens (primary N) is 1. The molecule has 1 aromatic rings. The first kappa shape index (κ1) is 11.1. The highest BCUT2D eigenvalue weighted by molar-refractivity contribution is 5.84. The lowest BCUT2D eigenvalue weighted by molar-refractivity contribution is -0.125. The van der Waals surface area contributed by atoms with Crippen molar-refractivity contribution in [3.63, 3.8) is 0 Å². The minimum absolute atomic E-state index is 0.133. The second kappa shape index (κ2) is 5.07. The second-order valence-corrected chi connectivity index (χ2v) is 4.10. The first-order valence-corrected chi connectivity index (χ1v) is 5.56. The Morgan fingerprint density at radius 1 is 1.50 bits per heavy atom. The van der Waals surface area contributed by atoms with E-state index in [1.165, 1.54) is 0 Å². The summed E-state index contributed by atoms with van der Waals surface area (Å²) >= 11 is 0. The van der Waals surface area contributed by atoms with E-state index >= 15 is 0 Å². The Morgan fingerprint density at radius 2 is 2.25 bits per heavy atom. The minimum Gasteiger partial charge on any atom is -0.398 e. The molecule has 1 aromatic heterocycles. The van der Waals surface area contributed by atoms with Gasteiger partial charge in [-0.3, -0.25) is 9.78 Å². The fraction of sp³-hybridized carbons (Fsp3) is 0.500. The molecule has 1 fully saturated rings. The molecule has 0 amide bonds. The van der Waals surface area contributed by atoms with E-state index in [9.17, 15) is 4.79 Å². The molecule has 1 aliphatic rings. The molecule has 0 saturated carbocycles. The van der Waals surface area contributed by atoms with Gasteiger partial charge in [0, 0.05) is 49.2 Å². The highest BCUT2D eigenvalue weighted by Gasteiger charge is 2.21. The van der Waals surface area contributed by atoms with Gasteiger partial charge in [-0.25, -0.2) is 0 Å². The molecule has 0 radical (unpaired) electrons. The summed E-state index contributed by atoms with van der Waals surface area (Å²) in [6.07, 6.45) is 5.37. The maximum absolute atomic E-state index is 12.0. The zero-order chi connectivity index (χ0) is 11.4. The molecule has 86 valence electrons. The van der Waals surface area contributed by atoms with E-state index in [1.54, 1.807) is 18.5 Å². The lowest BCUT2D eigenvalue weighted by Crippen LogP contribution is -2.25. The van der Waals surface area contributed by atoms with Gasteiger partial charge in [-0.2, -0.15) is 0 Å². The Labute approximate surface area is 94.8 Å². The molecule has 0 aromatic carbocycles. The Bertz CT molecular complexity index is 373. The fourth-order valence-corrected chi connectivity index (χ4v) is 1.94. The predicted octanol–water partition coefficient (Wildman–Crippen LogP) is 1.20. The van der Waals surface area contributed by atoms with E-state index < -0.39 is 0 Å². The summed E-state index contributed by atoms with van der Waals surface area (Å²) < 4.78 is 5.23. The molecule has 2 heterocycles. The van der Waals surface area contributed by atoms with Crippen molar-refractivity contribution in [1.29, 1.82) is 0 Å². The number of aromatic nitrogens is 1. The largest absolute Gasteiger partial charge is 0.398 e. The third-order valence-electron chi connectivity index (χ3n) is 2.98. The van der Waals surface area contributed by atoms with Gasteiger partial charge in [0.2, 0.25) is 0 Å². The molecule has 4 nitrogen and oxygen atoms in total. The Kier molecular flexibility index (Phi) is 3.51. The number of ether oxygens (including phenoxy) is 1. The summed E-state index contributed by atoms with van der Waals surface area (Å²) in [7, 11) is 0. The zero-order valence-corrected chi connectivity index (χ0v) is 9.19. The van der Waals surface area contributed by atoms with Crippen LogP contribution in [0.2, 0.25) is 0 Å². The number of hydrogen-bond donors (Lipinski definition) is 1. The molecule has 0 aliphatic carbocycles. The first-order chi connectivity index (χ1) is 7.77. The molecule has 0 bridgehead atoms. The molecule has 1 saturated heterocycles. The van der Waals surface area contributed by atoms with Crippen LogP contribution >= 0.6 is 0 Å². The van der Waals surface area contributed by atoms with Crippen LogP contribution in [0.25, 0.3) is 0 Å². The molecule has 0 unspecified atom stereocenters. The van der Waals surface area contributed by atoms with Crippen molar-refractivity contribution in [2.75, 3.05) is 18.9 Å². The van der Waals surface area contributed by atoms with Crippen molar-refractivity contribution in [1.82, 2.24) is 4.98 Å². The van der Waals surface area contributed by atoms with Gasteiger partial charge in [0.05, 0.1) is 0 Å². The smallest absolute Gasteiger partial charge is 0.140 e. The van der Waals surface area contributed by atoms with Crippen molar-refractivity contribution in [3.8, 4) is 0 Å². The molecular formula is C12H16N2O2. The molecule has 1 aliphatic heterocycles. The van der Waals surface area contributed by atoms with Crippen LogP contribution in [0.5, 0.6) is 0 Å². The van der Waals surface area contributed by atoms with Crippen LogP contribution in [0.1, 0.15) is 18.4 Å². The molecule has 4 heteroatoms. The van der Waals surface area contributed by atoms with Crippen molar-refractivity contribution in [3.05, 3.63) is 24.0 Å². The summed E-state index contributed by atoms with van der Waals surface area (Å²) in [5.41, 5.74) is 7.26. The molecular weight excluding hydrogens is 204 g/mol. The monoisotopic (exact) mass is 220 g/mol. The lowest BCUT2D eigenvalue weighted by atomic mass is 9.91. The van der Waals surface area contributed by atoms with Gasteiger partial charge in [0.1, 0.15) is 5.78 Å². The third-order valence-corrected chi connectivity index (χ3v) is 2.98. The average Bonchev–Trinajstić information content (AvgIpc) is 2.33. The third kappa shape index (κ3) is 2.58. The number of ketones is 1. The zero-order valence-electron chi connectivity index (χ0n) is 9.19. The second-order valence-electron chi connectivity index (χ2n) is 4.10. The van der Waals surface area contributed by atoms with Gasteiger partial charge in [0.25, 0.3) is 0 Å². The number of Topliss-reactive ketones (excluding diaryl/α,β-unsaturated/α-hetero) is 1. The van der Waals surface area contributed by atoms with Crippen molar-refractivity contribution in [2.45, 2.75) is 19.3 Å². The van der Waals surface area contributed by atoms with Crippen LogP contribution in [-0.4, -0.2) is 24.0 Å². The number of nitrogens with zero attached hydrogens (tertiary/aromatic N) is 1. The van der Waals surface area contributed by atoms with E-state index in [4.69, 9.17) is 10.5 Å². The number of hydrogen-bond acceptors (Lipinski definition) is 4. The van der Waals surface area contributed by atoms with Crippen molar-refractivity contribution >= 4 is 11.5 Å². The number of pyridine rings is 1. The summed E-state index contributed by atoms with van der Waals surface area (Å²) in [6, 6.07) is 1.73. The average molecular weight is 220 g/mol. The van der Waals surface area contributed by atoms with E-state index in [0.717, 1.165) is 18.4 Å². The maximum atomic E-state index is 12.0. The molecule has 0 spiro atoms. The van der Waals surface area contributed by atoms with Gasteiger partial charge in [-0.1, -0.05) is 0 Å². The van der Waals surface area contributed by atoms with Gasteiger partial charge in [0.15, 0.2) is 0 Å². The number of carbonyl (C=O) groups is 1. The Hall–Kier alpha value is -1.42. The van der Waals surface area contributed by atoms with Gasteiger partial charge < -0.3 is 10.5 Å². The highest BCUT2D eigenvalue weighted by atomic mass is 16.5. The molecule has 2 rings (SSSR count). The number of nitrogen functional groups attached to an aromatic ring is 1. The van der Waals surface area contributed by atoms with Gasteiger partial charge in [-0.15, -0.1) is 0 Å². The van der Waals surface area contributed by atoms with Crippen molar-refractivity contribution in [2.24, 2.45) is 5.92 Å². The number of rotatable bonds is 3. The van der Waals surface area contributed by atoms with Crippen LogP contribution < -0.4 is 5.73 Å². The summed E-state index contributed by atoms with van der Waals surface area (Å²) in [4.78, 5) is 16.0. The first-order valence-electron chi connectivity index (χ1n) is 5.56. The molecule has 0 atom stereocenters. The van der Waals surface area contributed by atoms with Crippen LogP contribution in [0.15, 0.2) is 18.5 Å². The minimum atomic E-state index is 0.133. The molecule has 2 N–H and O–H groups in total. The highest BCUT2D eigenvalue weighted by Crippen LogP contribution is 2.19. The van der Waals surface area contributed by atoms with Crippen LogP contribution in [0, 0.1) is 5.92 Å². The van der Waals surface area contributed by atoms with E-state index in [-0.39, 0.29) is 11.7 Å². The van der Waals surface area contributed by atoms with Crippen molar-refractivity contribution < 1.29 is 9.53 Å². The fourth-order valence-electron chi connectivity index (χ4n) is 1.94. The Morgan fingerprint density at radius 3 is 2.94 bits per heavy atom. The SMILES string of the molecule is Nc1ccncc1CC(=O)C1CCOCC1. The van der Waals surface area contributed by atoms with E-state index in [0.29, 0.717) is 25.3 Å². The lowest BCUT2D eigenvalue weighted by Gasteiger charge is -2.20. The van der Waals surface area contributed by atoms with E-state index in [1.807, 2.05) is 0 Å². The molecule has 16 heavy (non-hydrogen) atoms. The number of anilines is 1.